The van der Waals surface area contributed by atoms with Gasteiger partial charge < -0.3 is 10.2 Å². The minimum Gasteiger partial charge on any atom is -0.392 e. The van der Waals surface area contributed by atoms with Crippen molar-refractivity contribution in [2.24, 2.45) is 5.92 Å². The summed E-state index contributed by atoms with van der Waals surface area (Å²) >= 11 is 0. The van der Waals surface area contributed by atoms with Crippen LogP contribution < -0.4 is 0 Å². The van der Waals surface area contributed by atoms with Gasteiger partial charge in [-0.3, -0.25) is 4.90 Å². The maximum absolute atomic E-state index is 12.7. The molecule has 5 heteroatoms. The largest absolute Gasteiger partial charge is 0.392 e. The fourth-order valence-electron chi connectivity index (χ4n) is 2.36. The van der Waals surface area contributed by atoms with Crippen LogP contribution in [0.2, 0.25) is 0 Å². The smallest absolute Gasteiger partial charge is 0.242 e. The first-order chi connectivity index (χ1) is 8.58. The highest BCUT2D eigenvalue weighted by molar-refractivity contribution is 5.17. The Kier molecular flexibility index (Phi) is 4.27. The van der Waals surface area contributed by atoms with Gasteiger partial charge >= 0.3 is 0 Å². The number of piperidine rings is 1. The number of halogens is 2. The van der Waals surface area contributed by atoms with E-state index in [1.165, 1.54) is 4.90 Å². The van der Waals surface area contributed by atoms with Crippen LogP contribution in [0.3, 0.4) is 0 Å². The molecule has 3 atom stereocenters. The number of hydrogen-bond acceptors (Lipinski definition) is 3. The van der Waals surface area contributed by atoms with Gasteiger partial charge in [-0.05, 0) is 12.0 Å². The number of rotatable bonds is 3. The Morgan fingerprint density at radius 3 is 2.44 bits per heavy atom. The lowest BCUT2D eigenvalue weighted by atomic mass is 9.95. The number of nitrogens with zero attached hydrogens (tertiary/aromatic N) is 1. The predicted molar refractivity (Wildman–Crippen MR) is 63.1 cm³/mol. The van der Waals surface area contributed by atoms with Crippen LogP contribution >= 0.6 is 0 Å². The molecule has 1 unspecified atom stereocenters. The molecule has 100 valence electrons. The Labute approximate surface area is 105 Å². The molecule has 0 aliphatic carbocycles. The quantitative estimate of drug-likeness (QED) is 0.865. The minimum atomic E-state index is -2.47. The van der Waals surface area contributed by atoms with Gasteiger partial charge in [0.15, 0.2) is 0 Å². The predicted octanol–water partition coefficient (Wildman–Crippen LogP) is 1.63. The van der Waals surface area contributed by atoms with Crippen molar-refractivity contribution in [1.82, 2.24) is 4.90 Å². The van der Waals surface area contributed by atoms with Crippen LogP contribution in [0, 0.1) is 5.92 Å². The summed E-state index contributed by atoms with van der Waals surface area (Å²) in [5.74, 6) is -0.882. The number of aliphatic hydroxyl groups excluding tert-OH is 2. The monoisotopic (exact) mass is 257 g/mol. The summed E-state index contributed by atoms with van der Waals surface area (Å²) in [7, 11) is 0. The van der Waals surface area contributed by atoms with Crippen LogP contribution in [0.1, 0.15) is 18.2 Å². The van der Waals surface area contributed by atoms with Gasteiger partial charge in [0.05, 0.1) is 6.10 Å². The summed E-state index contributed by atoms with van der Waals surface area (Å²) in [6.07, 6.45) is -4.13. The molecule has 1 saturated heterocycles. The van der Waals surface area contributed by atoms with E-state index in [9.17, 15) is 19.0 Å². The highest BCUT2D eigenvalue weighted by Crippen LogP contribution is 2.28. The van der Waals surface area contributed by atoms with E-state index in [2.05, 4.69) is 0 Å². The molecule has 1 aliphatic rings. The Balaban J connectivity index is 2.08. The highest BCUT2D eigenvalue weighted by atomic mass is 19.3. The molecule has 0 radical (unpaired) electrons. The molecular formula is C13H17F2NO2. The van der Waals surface area contributed by atoms with E-state index in [4.69, 9.17) is 0 Å². The van der Waals surface area contributed by atoms with Gasteiger partial charge in [0.2, 0.25) is 6.43 Å². The molecule has 0 amide bonds. The molecular weight excluding hydrogens is 240 g/mol. The highest BCUT2D eigenvalue weighted by Gasteiger charge is 2.34. The van der Waals surface area contributed by atoms with E-state index < -0.39 is 24.7 Å². The summed E-state index contributed by atoms with van der Waals surface area (Å²) in [6, 6.07) is 8.86. The zero-order chi connectivity index (χ0) is 13.1. The third kappa shape index (κ3) is 3.04. The fourth-order valence-corrected chi connectivity index (χ4v) is 2.36. The summed E-state index contributed by atoms with van der Waals surface area (Å²) in [5, 5.41) is 19.7. The normalized spacial score (nSPS) is 27.4. The van der Waals surface area contributed by atoms with Crippen molar-refractivity contribution >= 4 is 0 Å². The number of alkyl halides is 2. The van der Waals surface area contributed by atoms with Crippen molar-refractivity contribution in [3.8, 4) is 0 Å². The van der Waals surface area contributed by atoms with E-state index in [-0.39, 0.29) is 19.5 Å². The molecule has 1 aromatic rings. The van der Waals surface area contributed by atoms with Crippen molar-refractivity contribution < 1.29 is 19.0 Å². The second-order valence-corrected chi connectivity index (χ2v) is 4.72. The van der Waals surface area contributed by atoms with E-state index in [0.29, 0.717) is 5.56 Å². The molecule has 1 aromatic carbocycles. The van der Waals surface area contributed by atoms with Crippen LogP contribution in [0.15, 0.2) is 30.3 Å². The first kappa shape index (κ1) is 13.4. The molecule has 0 saturated carbocycles. The molecule has 3 nitrogen and oxygen atoms in total. The number of aliphatic hydroxyl groups is 2. The molecule has 1 heterocycles. The third-order valence-corrected chi connectivity index (χ3v) is 3.29. The third-order valence-electron chi connectivity index (χ3n) is 3.29. The lowest BCUT2D eigenvalue weighted by Crippen LogP contribution is -2.46. The first-order valence-electron chi connectivity index (χ1n) is 6.01. The Morgan fingerprint density at radius 1 is 1.17 bits per heavy atom. The van der Waals surface area contributed by atoms with Gasteiger partial charge in [0.25, 0.3) is 0 Å². The van der Waals surface area contributed by atoms with E-state index in [1.807, 2.05) is 6.07 Å². The summed E-state index contributed by atoms with van der Waals surface area (Å²) in [5.41, 5.74) is 0.652. The molecule has 2 N–H and O–H groups in total. The van der Waals surface area contributed by atoms with Crippen molar-refractivity contribution in [2.45, 2.75) is 25.2 Å². The van der Waals surface area contributed by atoms with Crippen LogP contribution in [0.5, 0.6) is 0 Å². The Bertz CT molecular complexity index is 375. The molecule has 2 rings (SSSR count). The average molecular weight is 257 g/mol. The van der Waals surface area contributed by atoms with Gasteiger partial charge in [0.1, 0.15) is 6.23 Å². The van der Waals surface area contributed by atoms with Crippen molar-refractivity contribution in [3.63, 3.8) is 0 Å². The molecule has 0 spiro atoms. The number of likely N-dealkylation sites (tertiary alicyclic amines) is 1. The van der Waals surface area contributed by atoms with Crippen LogP contribution in [0.25, 0.3) is 0 Å². The SMILES string of the molecule is OC(c1ccccc1)N1C[C@@H](O)C[C@@H](C(F)F)C1. The lowest BCUT2D eigenvalue weighted by Gasteiger charge is -2.38. The second kappa shape index (κ2) is 5.73. The van der Waals surface area contributed by atoms with Crippen molar-refractivity contribution in [1.29, 1.82) is 0 Å². The minimum absolute atomic E-state index is 0.0929. The average Bonchev–Trinajstić information content (AvgIpc) is 2.38. The molecule has 1 aliphatic heterocycles. The summed E-state index contributed by atoms with van der Waals surface area (Å²) in [6.45, 7) is 0.323. The number of β-amino-alcohol motifs (C(OH)–C–C–N with tert-alkyl or cyclic N) is 1. The van der Waals surface area contributed by atoms with Gasteiger partial charge in [-0.15, -0.1) is 0 Å². The van der Waals surface area contributed by atoms with Gasteiger partial charge in [-0.25, -0.2) is 8.78 Å². The number of benzene rings is 1. The maximum atomic E-state index is 12.7. The van der Waals surface area contributed by atoms with E-state index in [0.717, 1.165) is 0 Å². The topological polar surface area (TPSA) is 43.7 Å². The molecule has 1 fully saturated rings. The standard InChI is InChI=1S/C13H17F2NO2/c14-12(15)10-6-11(17)8-16(7-10)13(18)9-4-2-1-3-5-9/h1-5,10-13,17-18H,6-8H2/t10-,11+,13?/m1/s1. The van der Waals surface area contributed by atoms with E-state index >= 15 is 0 Å². The van der Waals surface area contributed by atoms with Crippen LogP contribution in [-0.4, -0.2) is 40.7 Å². The van der Waals surface area contributed by atoms with Crippen molar-refractivity contribution in [3.05, 3.63) is 35.9 Å². The Hall–Kier alpha value is -1.04. The van der Waals surface area contributed by atoms with Gasteiger partial charge in [0, 0.05) is 19.0 Å². The fraction of sp³-hybridized carbons (Fsp3) is 0.538. The Morgan fingerprint density at radius 2 is 1.83 bits per heavy atom. The molecule has 18 heavy (non-hydrogen) atoms. The summed E-state index contributed by atoms with van der Waals surface area (Å²) in [4.78, 5) is 1.50. The van der Waals surface area contributed by atoms with Crippen LogP contribution in [-0.2, 0) is 0 Å². The first-order valence-corrected chi connectivity index (χ1v) is 6.01. The van der Waals surface area contributed by atoms with Gasteiger partial charge in [-0.1, -0.05) is 30.3 Å². The van der Waals surface area contributed by atoms with Gasteiger partial charge in [-0.2, -0.15) is 0 Å². The number of hydrogen-bond donors (Lipinski definition) is 2. The zero-order valence-corrected chi connectivity index (χ0v) is 9.92. The summed E-state index contributed by atoms with van der Waals surface area (Å²) < 4.78 is 25.4. The lowest BCUT2D eigenvalue weighted by molar-refractivity contribution is -0.0894. The van der Waals surface area contributed by atoms with Crippen LogP contribution in [0.4, 0.5) is 8.78 Å². The zero-order valence-electron chi connectivity index (χ0n) is 9.92. The second-order valence-electron chi connectivity index (χ2n) is 4.72. The van der Waals surface area contributed by atoms with E-state index in [1.54, 1.807) is 24.3 Å². The van der Waals surface area contributed by atoms with Crippen molar-refractivity contribution in [2.75, 3.05) is 13.1 Å². The molecule has 0 aromatic heterocycles. The molecule has 0 bridgehead atoms. The maximum Gasteiger partial charge on any atom is 0.242 e.